The van der Waals surface area contributed by atoms with Crippen molar-refractivity contribution in [2.45, 2.75) is 95.4 Å². The predicted molar refractivity (Wildman–Crippen MR) is 122 cm³/mol. The molecular weight excluding hydrogens is 368 g/mol. The van der Waals surface area contributed by atoms with Crippen molar-refractivity contribution in [3.05, 3.63) is 35.9 Å². The summed E-state index contributed by atoms with van der Waals surface area (Å²) in [6.07, 6.45) is 14.5. The van der Waals surface area contributed by atoms with E-state index in [1.54, 1.807) is 5.56 Å². The Bertz CT molecular complexity index is 770. The molecule has 4 aliphatic carbocycles. The number of nitrogens with two attached hydrogens (primary N) is 1. The van der Waals surface area contributed by atoms with Crippen molar-refractivity contribution in [2.75, 3.05) is 6.54 Å². The van der Waals surface area contributed by atoms with Crippen LogP contribution in [0.5, 0.6) is 0 Å². The van der Waals surface area contributed by atoms with Gasteiger partial charge in [-0.2, -0.15) is 0 Å². The van der Waals surface area contributed by atoms with Crippen LogP contribution in [0.15, 0.2) is 30.3 Å². The van der Waals surface area contributed by atoms with E-state index in [0.717, 1.165) is 31.7 Å². The first-order valence-electron chi connectivity index (χ1n) is 12.6. The Kier molecular flexibility index (Phi) is 5.24. The average Bonchev–Trinajstić information content (AvgIpc) is 3.15. The molecule has 1 amide bonds. The van der Waals surface area contributed by atoms with Gasteiger partial charge in [0.05, 0.1) is 0 Å². The minimum absolute atomic E-state index is 0.291. The Hall–Kier alpha value is -1.35. The zero-order chi connectivity index (χ0) is 20.8. The van der Waals surface area contributed by atoms with Crippen molar-refractivity contribution in [3.63, 3.8) is 0 Å². The fourth-order valence-corrected chi connectivity index (χ4v) is 8.92. The number of rotatable bonds is 7. The molecule has 1 aromatic rings. The highest BCUT2D eigenvalue weighted by Crippen LogP contribution is 2.87. The van der Waals surface area contributed by atoms with Crippen LogP contribution in [0.1, 0.15) is 89.5 Å². The van der Waals surface area contributed by atoms with Gasteiger partial charge in [-0.05, 0) is 99.0 Å². The highest BCUT2D eigenvalue weighted by molar-refractivity contribution is 5.76. The van der Waals surface area contributed by atoms with Crippen molar-refractivity contribution in [2.24, 2.45) is 28.4 Å². The summed E-state index contributed by atoms with van der Waals surface area (Å²) in [7, 11) is 0. The van der Waals surface area contributed by atoms with Crippen molar-refractivity contribution in [1.82, 2.24) is 5.32 Å². The van der Waals surface area contributed by atoms with Crippen LogP contribution in [0, 0.1) is 22.7 Å². The van der Waals surface area contributed by atoms with Crippen LogP contribution in [0.3, 0.4) is 0 Å². The predicted octanol–water partition coefficient (Wildman–Crippen LogP) is 5.33. The van der Waals surface area contributed by atoms with Gasteiger partial charge < -0.3 is 11.1 Å². The number of nitrogens with one attached hydrogen (secondary N) is 1. The summed E-state index contributed by atoms with van der Waals surface area (Å²) in [5.41, 5.74) is 8.81. The molecule has 1 spiro atoms. The number of hydrogen-bond acceptors (Lipinski definition) is 2. The van der Waals surface area contributed by atoms with Crippen LogP contribution in [-0.2, 0) is 10.2 Å². The number of hydrogen-bond donors (Lipinski definition) is 2. The number of benzene rings is 1. The second-order valence-electron chi connectivity index (χ2n) is 11.0. The molecule has 4 atom stereocenters. The molecule has 3 heteroatoms. The summed E-state index contributed by atoms with van der Waals surface area (Å²) in [5, 5.41) is 3.35. The first kappa shape index (κ1) is 20.5. The zero-order valence-corrected chi connectivity index (χ0v) is 18.8. The van der Waals surface area contributed by atoms with Crippen LogP contribution >= 0.6 is 0 Å². The van der Waals surface area contributed by atoms with Gasteiger partial charge in [-0.15, -0.1) is 0 Å². The molecule has 3 N–H and O–H groups in total. The lowest BCUT2D eigenvalue weighted by Crippen LogP contribution is -2.75. The van der Waals surface area contributed by atoms with Crippen molar-refractivity contribution in [3.8, 4) is 0 Å². The molecule has 0 radical (unpaired) electrons. The lowest BCUT2D eigenvalue weighted by molar-refractivity contribution is -0.286. The van der Waals surface area contributed by atoms with E-state index in [2.05, 4.69) is 42.6 Å². The van der Waals surface area contributed by atoms with E-state index >= 15 is 0 Å². The fourth-order valence-electron chi connectivity index (χ4n) is 8.92. The Balaban J connectivity index is 1.24. The second kappa shape index (κ2) is 7.65. The van der Waals surface area contributed by atoms with E-state index < -0.39 is 0 Å². The maximum Gasteiger partial charge on any atom is 0.220 e. The van der Waals surface area contributed by atoms with Gasteiger partial charge in [0.2, 0.25) is 5.91 Å². The van der Waals surface area contributed by atoms with Gasteiger partial charge in [-0.25, -0.2) is 0 Å². The Morgan fingerprint density at radius 1 is 1.13 bits per heavy atom. The topological polar surface area (TPSA) is 55.1 Å². The molecule has 0 aliphatic heterocycles. The number of carbonyl (C=O) groups is 1. The molecule has 30 heavy (non-hydrogen) atoms. The summed E-state index contributed by atoms with van der Waals surface area (Å²) in [6.45, 7) is 3.21. The van der Waals surface area contributed by atoms with Gasteiger partial charge in [-0.3, -0.25) is 4.79 Å². The maximum atomic E-state index is 12.8. The minimum atomic E-state index is 0.291. The Labute approximate surface area is 182 Å². The van der Waals surface area contributed by atoms with Gasteiger partial charge in [0, 0.05) is 17.9 Å². The maximum absolute atomic E-state index is 12.8. The molecule has 2 unspecified atom stereocenters. The third kappa shape index (κ3) is 2.76. The molecular formula is C27H40N2O. The van der Waals surface area contributed by atoms with E-state index in [4.69, 9.17) is 5.73 Å². The third-order valence-corrected chi connectivity index (χ3v) is 10.2. The lowest BCUT2D eigenvalue weighted by Gasteiger charge is -2.80. The van der Waals surface area contributed by atoms with Gasteiger partial charge in [-0.1, -0.05) is 43.7 Å². The van der Waals surface area contributed by atoms with Gasteiger partial charge in [0.15, 0.2) is 0 Å². The Morgan fingerprint density at radius 2 is 1.90 bits per heavy atom. The smallest absolute Gasteiger partial charge is 0.220 e. The molecule has 0 heterocycles. The molecule has 4 aliphatic rings. The molecule has 1 aromatic carbocycles. The first-order valence-corrected chi connectivity index (χ1v) is 12.6. The van der Waals surface area contributed by atoms with E-state index in [9.17, 15) is 4.79 Å². The highest BCUT2D eigenvalue weighted by Gasteiger charge is 2.81. The molecule has 4 saturated carbocycles. The molecule has 0 saturated heterocycles. The molecule has 0 aromatic heterocycles. The summed E-state index contributed by atoms with van der Waals surface area (Å²) >= 11 is 0. The standard InChI is InChI=1S/C27H40N2O/c1-2-25-17-22(11-14-24(30)29-23-12-9-20(18-28)10-13-23)27(25)16-6-15-26(27,19-25)21-7-4-3-5-8-21/h3-5,7-8,20,22-23H,2,6,9-19,28H2,1H3,(H,29,30)/t20?,22?,23?,25-,26-,27?/m1/s1. The zero-order valence-electron chi connectivity index (χ0n) is 18.8. The fraction of sp³-hybridized carbons (Fsp3) is 0.741. The van der Waals surface area contributed by atoms with Crippen LogP contribution in [0.25, 0.3) is 0 Å². The van der Waals surface area contributed by atoms with Crippen LogP contribution < -0.4 is 11.1 Å². The molecule has 3 nitrogen and oxygen atoms in total. The molecule has 5 rings (SSSR count). The number of amides is 1. The lowest BCUT2D eigenvalue weighted by atomic mass is 9.23. The molecule has 4 fully saturated rings. The van der Waals surface area contributed by atoms with Crippen molar-refractivity contribution < 1.29 is 4.79 Å². The second-order valence-corrected chi connectivity index (χ2v) is 11.0. The summed E-state index contributed by atoms with van der Waals surface area (Å²) < 4.78 is 0. The summed E-state index contributed by atoms with van der Waals surface area (Å²) in [5.74, 6) is 1.69. The average molecular weight is 409 g/mol. The molecule has 0 bridgehead atoms. The van der Waals surface area contributed by atoms with E-state index in [0.29, 0.717) is 40.5 Å². The third-order valence-electron chi connectivity index (χ3n) is 10.2. The van der Waals surface area contributed by atoms with Gasteiger partial charge in [0.1, 0.15) is 0 Å². The van der Waals surface area contributed by atoms with Crippen molar-refractivity contribution >= 4 is 5.91 Å². The quantitative estimate of drug-likeness (QED) is 0.641. The van der Waals surface area contributed by atoms with Gasteiger partial charge in [0.25, 0.3) is 0 Å². The van der Waals surface area contributed by atoms with Crippen LogP contribution in [0.4, 0.5) is 0 Å². The van der Waals surface area contributed by atoms with Crippen LogP contribution in [0.2, 0.25) is 0 Å². The van der Waals surface area contributed by atoms with E-state index in [1.807, 2.05) is 0 Å². The normalized spacial score (nSPS) is 41.9. The SMILES string of the molecule is CC[C@]12CC(CCC(=O)NC3CCC(CN)CC3)C13CCC[C@]3(c1ccccc1)C2. The minimum Gasteiger partial charge on any atom is -0.353 e. The highest BCUT2D eigenvalue weighted by atomic mass is 16.1. The number of carbonyl (C=O) groups excluding carboxylic acids is 1. The van der Waals surface area contributed by atoms with Crippen molar-refractivity contribution in [1.29, 1.82) is 0 Å². The van der Waals surface area contributed by atoms with Gasteiger partial charge >= 0.3 is 0 Å². The summed E-state index contributed by atoms with van der Waals surface area (Å²) in [6, 6.07) is 11.7. The first-order chi connectivity index (χ1) is 14.6. The van der Waals surface area contributed by atoms with Crippen LogP contribution in [-0.4, -0.2) is 18.5 Å². The monoisotopic (exact) mass is 408 g/mol. The Morgan fingerprint density at radius 3 is 2.60 bits per heavy atom. The van der Waals surface area contributed by atoms with E-state index in [-0.39, 0.29) is 0 Å². The summed E-state index contributed by atoms with van der Waals surface area (Å²) in [4.78, 5) is 12.8. The largest absolute Gasteiger partial charge is 0.353 e. The molecule has 164 valence electrons. The van der Waals surface area contributed by atoms with E-state index in [1.165, 1.54) is 51.4 Å².